The maximum Gasteiger partial charge on any atom is 0.327 e. The molecule has 1 heterocycles. The molecule has 0 saturated carbocycles. The molecule has 1 unspecified atom stereocenters. The molecule has 0 radical (unpaired) electrons. The molecule has 1 aliphatic heterocycles. The number of carbonyl (C=O) groups is 1. The average Bonchev–Trinajstić information content (AvgIpc) is 2.42. The molecule has 0 spiro atoms. The average molecular weight is 262 g/mol. The molecule has 0 aliphatic carbocycles. The van der Waals surface area contributed by atoms with Crippen molar-refractivity contribution in [2.75, 3.05) is 33.3 Å². The van der Waals surface area contributed by atoms with Crippen molar-refractivity contribution < 1.29 is 9.53 Å². The van der Waals surface area contributed by atoms with E-state index in [1.165, 1.54) is 12.7 Å². The van der Waals surface area contributed by atoms with E-state index < -0.39 is 0 Å². The lowest BCUT2D eigenvalue weighted by Gasteiger charge is -2.34. The molecule has 1 aliphatic rings. The molecule has 0 amide bonds. The Morgan fingerprint density at radius 2 is 2.00 bits per heavy atom. The van der Waals surface area contributed by atoms with Gasteiger partial charge in [0.1, 0.15) is 6.04 Å². The highest BCUT2D eigenvalue weighted by molar-refractivity contribution is 5.78. The Labute approximate surface area is 114 Å². The van der Waals surface area contributed by atoms with Gasteiger partial charge in [-0.15, -0.1) is 0 Å². The van der Waals surface area contributed by atoms with Gasteiger partial charge >= 0.3 is 5.97 Å². The molecule has 1 atom stereocenters. The van der Waals surface area contributed by atoms with Crippen LogP contribution in [0.3, 0.4) is 0 Å². The van der Waals surface area contributed by atoms with Crippen LogP contribution >= 0.6 is 0 Å². The number of benzene rings is 1. The summed E-state index contributed by atoms with van der Waals surface area (Å²) in [7, 11) is 1.46. The quantitative estimate of drug-likeness (QED) is 0.837. The zero-order valence-corrected chi connectivity index (χ0v) is 11.9. The summed E-state index contributed by atoms with van der Waals surface area (Å²) in [5, 5.41) is 3.31. The Kier molecular flexibility index (Phi) is 4.56. The Hall–Kier alpha value is -1.39. The van der Waals surface area contributed by atoms with E-state index in [9.17, 15) is 4.79 Å². The molecule has 4 heteroatoms. The molecular weight excluding hydrogens is 240 g/mol. The van der Waals surface area contributed by atoms with Crippen LogP contribution in [-0.2, 0) is 9.53 Å². The summed E-state index contributed by atoms with van der Waals surface area (Å²) in [5.41, 5.74) is 3.42. The first-order valence-corrected chi connectivity index (χ1v) is 6.73. The van der Waals surface area contributed by atoms with E-state index >= 15 is 0 Å². The highest BCUT2D eigenvalue weighted by Crippen LogP contribution is 2.26. The molecule has 0 bridgehead atoms. The van der Waals surface area contributed by atoms with Crippen LogP contribution in [0.4, 0.5) is 0 Å². The van der Waals surface area contributed by atoms with Crippen molar-refractivity contribution >= 4 is 5.97 Å². The number of nitrogens with zero attached hydrogens (tertiary/aromatic N) is 1. The van der Waals surface area contributed by atoms with Gasteiger partial charge in [-0.3, -0.25) is 4.90 Å². The molecule has 1 fully saturated rings. The number of hydrogen-bond donors (Lipinski definition) is 1. The van der Waals surface area contributed by atoms with Crippen molar-refractivity contribution in [1.82, 2.24) is 10.2 Å². The van der Waals surface area contributed by atoms with Crippen molar-refractivity contribution in [3.63, 3.8) is 0 Å². The second-order valence-electron chi connectivity index (χ2n) is 5.07. The van der Waals surface area contributed by atoms with Gasteiger partial charge in [0.2, 0.25) is 0 Å². The van der Waals surface area contributed by atoms with Gasteiger partial charge in [-0.05, 0) is 25.0 Å². The molecule has 1 N–H and O–H groups in total. The Bertz CT molecular complexity index is 453. The summed E-state index contributed by atoms with van der Waals surface area (Å²) >= 11 is 0. The van der Waals surface area contributed by atoms with Crippen LogP contribution < -0.4 is 5.32 Å². The van der Waals surface area contributed by atoms with Crippen molar-refractivity contribution in [2.24, 2.45) is 0 Å². The lowest BCUT2D eigenvalue weighted by atomic mass is 9.97. The Balaban J connectivity index is 2.33. The topological polar surface area (TPSA) is 41.6 Å². The largest absolute Gasteiger partial charge is 0.468 e. The SMILES string of the molecule is COC(=O)C(c1ccc(C)cc1C)N1CCNCC1. The summed E-state index contributed by atoms with van der Waals surface area (Å²) in [6.45, 7) is 7.69. The van der Waals surface area contributed by atoms with Gasteiger partial charge in [0.05, 0.1) is 7.11 Å². The van der Waals surface area contributed by atoms with Crippen LogP contribution in [0.1, 0.15) is 22.7 Å². The van der Waals surface area contributed by atoms with Gasteiger partial charge < -0.3 is 10.1 Å². The van der Waals surface area contributed by atoms with Crippen LogP contribution in [0.25, 0.3) is 0 Å². The standard InChI is InChI=1S/C15H22N2O2/c1-11-4-5-13(12(2)10-11)14(15(18)19-3)17-8-6-16-7-9-17/h4-5,10,14,16H,6-9H2,1-3H3. The monoisotopic (exact) mass is 262 g/mol. The van der Waals surface area contributed by atoms with E-state index in [0.29, 0.717) is 0 Å². The van der Waals surface area contributed by atoms with E-state index in [-0.39, 0.29) is 12.0 Å². The van der Waals surface area contributed by atoms with Crippen LogP contribution in [0.5, 0.6) is 0 Å². The maximum atomic E-state index is 12.2. The summed E-state index contributed by atoms with van der Waals surface area (Å²) in [6.07, 6.45) is 0. The Morgan fingerprint density at radius 3 is 2.58 bits per heavy atom. The fourth-order valence-electron chi connectivity index (χ4n) is 2.66. The molecule has 1 aromatic carbocycles. The minimum absolute atomic E-state index is 0.172. The predicted octanol–water partition coefficient (Wildman–Crippen LogP) is 1.42. The lowest BCUT2D eigenvalue weighted by Crippen LogP contribution is -2.47. The van der Waals surface area contributed by atoms with E-state index in [0.717, 1.165) is 37.3 Å². The fourth-order valence-corrected chi connectivity index (χ4v) is 2.66. The summed E-state index contributed by atoms with van der Waals surface area (Å²) in [4.78, 5) is 14.4. The molecule has 19 heavy (non-hydrogen) atoms. The Morgan fingerprint density at radius 1 is 1.32 bits per heavy atom. The lowest BCUT2D eigenvalue weighted by molar-refractivity contribution is -0.147. The van der Waals surface area contributed by atoms with Gasteiger partial charge in [-0.1, -0.05) is 23.8 Å². The van der Waals surface area contributed by atoms with Gasteiger partial charge in [0, 0.05) is 26.2 Å². The van der Waals surface area contributed by atoms with Crippen molar-refractivity contribution in [1.29, 1.82) is 0 Å². The molecule has 0 aromatic heterocycles. The van der Waals surface area contributed by atoms with Gasteiger partial charge in [-0.25, -0.2) is 4.79 Å². The summed E-state index contributed by atoms with van der Waals surface area (Å²) < 4.78 is 5.00. The van der Waals surface area contributed by atoms with Gasteiger partial charge in [0.25, 0.3) is 0 Å². The van der Waals surface area contributed by atoms with Crippen LogP contribution in [0.15, 0.2) is 18.2 Å². The smallest absolute Gasteiger partial charge is 0.327 e. The van der Waals surface area contributed by atoms with Crippen molar-refractivity contribution in [2.45, 2.75) is 19.9 Å². The predicted molar refractivity (Wildman–Crippen MR) is 75.1 cm³/mol. The zero-order chi connectivity index (χ0) is 13.8. The fraction of sp³-hybridized carbons (Fsp3) is 0.533. The first kappa shape index (κ1) is 14.0. The van der Waals surface area contributed by atoms with Crippen LogP contribution in [-0.4, -0.2) is 44.2 Å². The van der Waals surface area contributed by atoms with Crippen molar-refractivity contribution in [3.8, 4) is 0 Å². The van der Waals surface area contributed by atoms with E-state index in [2.05, 4.69) is 36.2 Å². The summed E-state index contributed by atoms with van der Waals surface area (Å²) in [5.74, 6) is -0.172. The van der Waals surface area contributed by atoms with E-state index in [1.807, 2.05) is 6.07 Å². The number of hydrogen-bond acceptors (Lipinski definition) is 4. The number of aryl methyl sites for hydroxylation is 2. The third kappa shape index (κ3) is 3.14. The maximum absolute atomic E-state index is 12.2. The minimum Gasteiger partial charge on any atom is -0.468 e. The third-order valence-electron chi connectivity index (χ3n) is 3.66. The van der Waals surface area contributed by atoms with E-state index in [4.69, 9.17) is 4.74 Å². The first-order chi connectivity index (χ1) is 9.13. The number of nitrogens with one attached hydrogen (secondary N) is 1. The second-order valence-corrected chi connectivity index (χ2v) is 5.07. The third-order valence-corrected chi connectivity index (χ3v) is 3.66. The molecular formula is C15H22N2O2. The molecule has 1 aromatic rings. The van der Waals surface area contributed by atoms with Crippen LogP contribution in [0, 0.1) is 13.8 Å². The number of rotatable bonds is 3. The molecule has 1 saturated heterocycles. The normalized spacial score (nSPS) is 18.1. The molecule has 2 rings (SSSR count). The highest BCUT2D eigenvalue weighted by Gasteiger charge is 2.30. The highest BCUT2D eigenvalue weighted by atomic mass is 16.5. The van der Waals surface area contributed by atoms with Gasteiger partial charge in [0.15, 0.2) is 0 Å². The summed E-state index contributed by atoms with van der Waals surface area (Å²) in [6, 6.07) is 5.94. The van der Waals surface area contributed by atoms with Gasteiger partial charge in [-0.2, -0.15) is 0 Å². The number of piperazine rings is 1. The zero-order valence-electron chi connectivity index (χ0n) is 11.9. The van der Waals surface area contributed by atoms with Crippen molar-refractivity contribution in [3.05, 3.63) is 34.9 Å². The second kappa shape index (κ2) is 6.17. The number of esters is 1. The number of methoxy groups -OCH3 is 1. The first-order valence-electron chi connectivity index (χ1n) is 6.73. The minimum atomic E-state index is -0.285. The van der Waals surface area contributed by atoms with E-state index in [1.54, 1.807) is 0 Å². The number of carbonyl (C=O) groups excluding carboxylic acids is 1. The van der Waals surface area contributed by atoms with Crippen LogP contribution in [0.2, 0.25) is 0 Å². The number of ether oxygens (including phenoxy) is 1. The molecule has 104 valence electrons. The molecule has 4 nitrogen and oxygen atoms in total.